The van der Waals surface area contributed by atoms with Crippen molar-refractivity contribution in [2.75, 3.05) is 38.4 Å². The molecule has 0 bridgehead atoms. The second-order valence-corrected chi connectivity index (χ2v) is 11.6. The third kappa shape index (κ3) is 7.14. The van der Waals surface area contributed by atoms with Crippen LogP contribution in [0.25, 0.3) is 10.9 Å². The zero-order valence-electron chi connectivity index (χ0n) is 25.8. The van der Waals surface area contributed by atoms with E-state index < -0.39 is 23.5 Å². The molecule has 1 saturated heterocycles. The Kier molecular flexibility index (Phi) is 9.70. The lowest BCUT2D eigenvalue weighted by Crippen LogP contribution is -2.59. The zero-order valence-corrected chi connectivity index (χ0v) is 25.8. The minimum absolute atomic E-state index is 0.280. The van der Waals surface area contributed by atoms with Gasteiger partial charge in [0.25, 0.3) is 0 Å². The Bertz CT molecular complexity index is 1490. The molecule has 230 valence electrons. The number of aromatic nitrogens is 2. The van der Waals surface area contributed by atoms with Gasteiger partial charge in [0.05, 0.1) is 31.5 Å². The molecule has 3 atom stereocenters. The molecule has 2 heterocycles. The van der Waals surface area contributed by atoms with Crippen LogP contribution in [-0.2, 0) is 14.4 Å². The topological polar surface area (TPSA) is 147 Å². The molecule has 1 aromatic heterocycles. The lowest BCUT2D eigenvalue weighted by atomic mass is 9.85. The Balaban J connectivity index is 1.60. The Hall–Kier alpha value is -4.45. The molecule has 43 heavy (non-hydrogen) atoms. The maximum Gasteiger partial charge on any atom is 0.247 e. The van der Waals surface area contributed by atoms with E-state index in [0.717, 1.165) is 5.69 Å². The number of benzene rings is 2. The van der Waals surface area contributed by atoms with Crippen molar-refractivity contribution in [2.45, 2.75) is 58.7 Å². The van der Waals surface area contributed by atoms with Crippen LogP contribution in [-0.4, -0.2) is 78.5 Å². The first-order chi connectivity index (χ1) is 20.5. The lowest BCUT2D eigenvalue weighted by Gasteiger charge is -2.36. The van der Waals surface area contributed by atoms with E-state index in [9.17, 15) is 14.4 Å². The monoisotopic (exact) mass is 591 g/mol. The molecular formula is C31H41N7O5. The number of likely N-dealkylation sites (tertiary alicyclic amines) is 1. The summed E-state index contributed by atoms with van der Waals surface area (Å²) in [6.07, 6.45) is 2.61. The van der Waals surface area contributed by atoms with Crippen LogP contribution in [0.15, 0.2) is 42.7 Å². The van der Waals surface area contributed by atoms with E-state index >= 15 is 0 Å². The number of methoxy groups -OCH3 is 2. The van der Waals surface area contributed by atoms with E-state index in [4.69, 9.17) is 9.47 Å². The van der Waals surface area contributed by atoms with E-state index in [2.05, 4.69) is 31.2 Å². The second kappa shape index (κ2) is 13.2. The number of rotatable bonds is 10. The summed E-state index contributed by atoms with van der Waals surface area (Å²) in [5.74, 6) is 0.740. The average Bonchev–Trinajstić information content (AvgIpc) is 3.49. The number of likely N-dealkylation sites (N-methyl/N-ethyl adjacent to an activating group) is 1. The molecule has 3 amide bonds. The predicted octanol–water partition coefficient (Wildman–Crippen LogP) is 3.46. The van der Waals surface area contributed by atoms with Crippen LogP contribution < -0.4 is 30.7 Å². The fourth-order valence-corrected chi connectivity index (χ4v) is 5.02. The minimum Gasteiger partial charge on any atom is -0.497 e. The number of amides is 3. The first kappa shape index (κ1) is 31.5. The molecule has 4 N–H and O–H groups in total. The van der Waals surface area contributed by atoms with E-state index in [-0.39, 0.29) is 17.7 Å². The summed E-state index contributed by atoms with van der Waals surface area (Å²) in [5, 5.41) is 12.7. The number of hydrogen-bond acceptors (Lipinski definition) is 9. The van der Waals surface area contributed by atoms with Gasteiger partial charge in [0.1, 0.15) is 35.7 Å². The van der Waals surface area contributed by atoms with Gasteiger partial charge in [-0.2, -0.15) is 0 Å². The molecule has 1 aliphatic rings. The molecule has 1 fully saturated rings. The average molecular weight is 592 g/mol. The Morgan fingerprint density at radius 1 is 1.07 bits per heavy atom. The molecule has 3 aromatic rings. The van der Waals surface area contributed by atoms with Crippen molar-refractivity contribution < 1.29 is 23.9 Å². The van der Waals surface area contributed by atoms with Gasteiger partial charge in [-0.1, -0.05) is 26.8 Å². The highest BCUT2D eigenvalue weighted by Gasteiger charge is 2.42. The van der Waals surface area contributed by atoms with Crippen molar-refractivity contribution in [3.8, 4) is 11.5 Å². The van der Waals surface area contributed by atoms with Crippen LogP contribution in [0.4, 0.5) is 17.2 Å². The number of ether oxygens (including phenoxy) is 2. The predicted molar refractivity (Wildman–Crippen MR) is 166 cm³/mol. The molecule has 12 heteroatoms. The van der Waals surface area contributed by atoms with Crippen molar-refractivity contribution in [3.05, 3.63) is 42.7 Å². The quantitative estimate of drug-likeness (QED) is 0.278. The van der Waals surface area contributed by atoms with Crippen LogP contribution in [0.2, 0.25) is 0 Å². The van der Waals surface area contributed by atoms with Crippen LogP contribution in [0.1, 0.15) is 40.5 Å². The number of carbonyl (C=O) groups excluding carboxylic acids is 3. The van der Waals surface area contributed by atoms with Gasteiger partial charge in [0.15, 0.2) is 0 Å². The fourth-order valence-electron chi connectivity index (χ4n) is 5.02. The summed E-state index contributed by atoms with van der Waals surface area (Å²) >= 11 is 0. The molecule has 4 rings (SSSR count). The largest absolute Gasteiger partial charge is 0.497 e. The highest BCUT2D eigenvalue weighted by molar-refractivity contribution is 6.03. The van der Waals surface area contributed by atoms with Gasteiger partial charge in [-0.25, -0.2) is 9.97 Å². The Morgan fingerprint density at radius 2 is 1.84 bits per heavy atom. The molecule has 0 aliphatic carbocycles. The molecule has 1 unspecified atom stereocenters. The smallest absolute Gasteiger partial charge is 0.247 e. The molecule has 1 aliphatic heterocycles. The standard InChI is InChI=1S/C31H41N7O5/c1-18(32-5)28(39)37-26(31(2,3)4)30(41)38-13-9-12-24(38)29(40)36-23-15-21-22(16-25(23)43-7)33-17-34-27(21)35-19-10-8-11-20(14-19)42-6/h8,10-11,14-18,24,26,32H,9,12-13H2,1-7H3,(H,36,40)(H,37,39)(H,33,34,35)/t18-,24?,26+/m0/s1. The first-order valence-electron chi connectivity index (χ1n) is 14.3. The normalized spacial score (nSPS) is 16.3. The van der Waals surface area contributed by atoms with Crippen molar-refractivity contribution in [1.82, 2.24) is 25.5 Å². The van der Waals surface area contributed by atoms with E-state index in [0.29, 0.717) is 53.3 Å². The minimum atomic E-state index is -0.804. The third-order valence-corrected chi connectivity index (χ3v) is 7.61. The van der Waals surface area contributed by atoms with E-state index in [1.54, 1.807) is 38.1 Å². The van der Waals surface area contributed by atoms with Gasteiger partial charge in [0.2, 0.25) is 17.7 Å². The summed E-state index contributed by atoms with van der Waals surface area (Å²) in [5.41, 5.74) is 1.24. The van der Waals surface area contributed by atoms with Gasteiger partial charge in [0, 0.05) is 29.8 Å². The van der Waals surface area contributed by atoms with Gasteiger partial charge < -0.3 is 35.6 Å². The molecule has 0 spiro atoms. The number of anilines is 3. The van der Waals surface area contributed by atoms with Gasteiger partial charge in [-0.15, -0.1) is 0 Å². The lowest BCUT2D eigenvalue weighted by molar-refractivity contribution is -0.143. The molecule has 0 saturated carbocycles. The van der Waals surface area contributed by atoms with E-state index in [1.165, 1.54) is 13.4 Å². The van der Waals surface area contributed by atoms with Gasteiger partial charge in [-0.3, -0.25) is 14.4 Å². The number of carbonyl (C=O) groups is 3. The van der Waals surface area contributed by atoms with Crippen molar-refractivity contribution in [2.24, 2.45) is 5.41 Å². The fraction of sp³-hybridized carbons (Fsp3) is 0.452. The van der Waals surface area contributed by atoms with Gasteiger partial charge in [-0.05, 0) is 50.4 Å². The number of nitrogens with one attached hydrogen (secondary N) is 4. The zero-order chi connectivity index (χ0) is 31.3. The number of hydrogen-bond donors (Lipinski definition) is 4. The summed E-state index contributed by atoms with van der Waals surface area (Å²) in [4.78, 5) is 50.6. The van der Waals surface area contributed by atoms with Crippen LogP contribution in [0.3, 0.4) is 0 Å². The SMILES string of the molecule is CN[C@@H](C)C(=O)N[C@H](C(=O)N1CCCC1C(=O)Nc1cc2c(Nc3cccc(OC)c3)ncnc2cc1OC)C(C)(C)C. The maximum absolute atomic E-state index is 13.8. The Morgan fingerprint density at radius 3 is 2.51 bits per heavy atom. The van der Waals surface area contributed by atoms with Crippen molar-refractivity contribution in [3.63, 3.8) is 0 Å². The number of fused-ring (bicyclic) bond motifs is 1. The highest BCUT2D eigenvalue weighted by atomic mass is 16.5. The maximum atomic E-state index is 13.8. The van der Waals surface area contributed by atoms with Gasteiger partial charge >= 0.3 is 0 Å². The third-order valence-electron chi connectivity index (χ3n) is 7.61. The summed E-state index contributed by atoms with van der Waals surface area (Å²) in [6.45, 7) is 7.82. The molecule has 0 radical (unpaired) electrons. The molecule has 12 nitrogen and oxygen atoms in total. The van der Waals surface area contributed by atoms with Crippen LogP contribution in [0, 0.1) is 5.41 Å². The summed E-state index contributed by atoms with van der Waals surface area (Å²) in [7, 11) is 4.80. The molecular weight excluding hydrogens is 550 g/mol. The van der Waals surface area contributed by atoms with Crippen LogP contribution in [0.5, 0.6) is 11.5 Å². The summed E-state index contributed by atoms with van der Waals surface area (Å²) < 4.78 is 10.9. The van der Waals surface area contributed by atoms with E-state index in [1.807, 2.05) is 45.0 Å². The number of nitrogens with zero attached hydrogens (tertiary/aromatic N) is 3. The molecule has 2 aromatic carbocycles. The van der Waals surface area contributed by atoms with Crippen molar-refractivity contribution in [1.29, 1.82) is 0 Å². The second-order valence-electron chi connectivity index (χ2n) is 11.6. The Labute approximate surface area is 251 Å². The first-order valence-corrected chi connectivity index (χ1v) is 14.3. The summed E-state index contributed by atoms with van der Waals surface area (Å²) in [6, 6.07) is 8.95. The highest BCUT2D eigenvalue weighted by Crippen LogP contribution is 2.34. The van der Waals surface area contributed by atoms with Crippen LogP contribution >= 0.6 is 0 Å². The van der Waals surface area contributed by atoms with Crippen molar-refractivity contribution >= 4 is 45.8 Å².